The molecule has 1 aromatic rings. The highest BCUT2D eigenvalue weighted by atomic mass is 15.3. The number of rotatable bonds is 5. The Kier molecular flexibility index (Phi) is 4.07. The van der Waals surface area contributed by atoms with Gasteiger partial charge in [0.2, 0.25) is 0 Å². The van der Waals surface area contributed by atoms with Gasteiger partial charge in [0, 0.05) is 19.5 Å². The summed E-state index contributed by atoms with van der Waals surface area (Å²) in [4.78, 5) is 4.17. The van der Waals surface area contributed by atoms with Crippen LogP contribution in [0, 0.1) is 5.92 Å². The van der Waals surface area contributed by atoms with Crippen LogP contribution in [0.3, 0.4) is 0 Å². The minimum Gasteiger partial charge on any atom is -0.327 e. The van der Waals surface area contributed by atoms with Crippen LogP contribution in [-0.2, 0) is 13.5 Å². The van der Waals surface area contributed by atoms with Gasteiger partial charge in [-0.25, -0.2) is 4.98 Å². The molecule has 0 aliphatic heterocycles. The quantitative estimate of drug-likeness (QED) is 0.767. The molecule has 0 spiro atoms. The van der Waals surface area contributed by atoms with E-state index in [-0.39, 0.29) is 0 Å². The Morgan fingerprint density at radius 1 is 1.50 bits per heavy atom. The van der Waals surface area contributed by atoms with Gasteiger partial charge < -0.3 is 5.73 Å². The Balaban J connectivity index is 2.25. The molecule has 1 rings (SSSR count). The summed E-state index contributed by atoms with van der Waals surface area (Å²) in [5.74, 6) is 1.61. The van der Waals surface area contributed by atoms with Crippen LogP contribution in [0.15, 0.2) is 6.33 Å². The van der Waals surface area contributed by atoms with E-state index >= 15 is 0 Å². The maximum absolute atomic E-state index is 5.95. The second-order valence-corrected chi connectivity index (χ2v) is 4.10. The van der Waals surface area contributed by atoms with E-state index in [2.05, 4.69) is 23.9 Å². The number of nitrogens with two attached hydrogens (primary N) is 1. The van der Waals surface area contributed by atoms with Crippen molar-refractivity contribution < 1.29 is 0 Å². The van der Waals surface area contributed by atoms with Gasteiger partial charge >= 0.3 is 0 Å². The second kappa shape index (κ2) is 5.10. The Hall–Kier alpha value is -0.900. The maximum Gasteiger partial charge on any atom is 0.138 e. The third-order valence-corrected chi connectivity index (χ3v) is 2.60. The molecule has 1 heterocycles. The van der Waals surface area contributed by atoms with Crippen molar-refractivity contribution in [3.63, 3.8) is 0 Å². The number of aryl methyl sites for hydroxylation is 2. The van der Waals surface area contributed by atoms with Gasteiger partial charge in [-0.1, -0.05) is 13.8 Å². The molecule has 2 N–H and O–H groups in total. The summed E-state index contributed by atoms with van der Waals surface area (Å²) < 4.78 is 1.82. The molecule has 14 heavy (non-hydrogen) atoms. The lowest BCUT2D eigenvalue weighted by molar-refractivity contribution is 0.448. The van der Waals surface area contributed by atoms with Crippen LogP contribution in [-0.4, -0.2) is 20.8 Å². The third kappa shape index (κ3) is 3.10. The molecule has 1 atom stereocenters. The minimum absolute atomic E-state index is 0.309. The molecule has 4 nitrogen and oxygen atoms in total. The predicted molar refractivity (Wildman–Crippen MR) is 56.8 cm³/mol. The highest BCUT2D eigenvalue weighted by Gasteiger charge is 2.08. The molecule has 0 amide bonds. The summed E-state index contributed by atoms with van der Waals surface area (Å²) in [5.41, 5.74) is 5.95. The Morgan fingerprint density at radius 2 is 2.21 bits per heavy atom. The molecule has 0 saturated heterocycles. The smallest absolute Gasteiger partial charge is 0.138 e. The summed E-state index contributed by atoms with van der Waals surface area (Å²) >= 11 is 0. The van der Waals surface area contributed by atoms with Gasteiger partial charge in [0.25, 0.3) is 0 Å². The molecule has 4 heteroatoms. The van der Waals surface area contributed by atoms with E-state index in [1.165, 1.54) is 0 Å². The molecule has 0 fully saturated rings. The molecule has 0 aliphatic rings. The first-order chi connectivity index (χ1) is 6.61. The molecule has 0 saturated carbocycles. The Bertz CT molecular complexity index is 267. The highest BCUT2D eigenvalue weighted by molar-refractivity contribution is 4.83. The van der Waals surface area contributed by atoms with Crippen molar-refractivity contribution in [2.24, 2.45) is 18.7 Å². The summed E-state index contributed by atoms with van der Waals surface area (Å²) in [6, 6.07) is 0.309. The SMILES string of the molecule is CC(C)C(N)CCCc1ncnn1C. The van der Waals surface area contributed by atoms with E-state index < -0.39 is 0 Å². The zero-order valence-corrected chi connectivity index (χ0v) is 9.27. The van der Waals surface area contributed by atoms with Gasteiger partial charge in [-0.05, 0) is 18.8 Å². The molecule has 80 valence electrons. The van der Waals surface area contributed by atoms with Crippen molar-refractivity contribution in [3.05, 3.63) is 12.2 Å². The second-order valence-electron chi connectivity index (χ2n) is 4.10. The summed E-state index contributed by atoms with van der Waals surface area (Å²) in [6.45, 7) is 4.32. The fraction of sp³-hybridized carbons (Fsp3) is 0.800. The van der Waals surface area contributed by atoms with Crippen LogP contribution in [0.2, 0.25) is 0 Å². The number of aromatic nitrogens is 3. The zero-order chi connectivity index (χ0) is 10.6. The summed E-state index contributed by atoms with van der Waals surface area (Å²) in [5, 5.41) is 4.02. The predicted octanol–water partition coefficient (Wildman–Crippen LogP) is 1.12. The molecule has 1 aromatic heterocycles. The molecule has 0 radical (unpaired) electrons. The van der Waals surface area contributed by atoms with Gasteiger partial charge in [-0.2, -0.15) is 5.10 Å². The first-order valence-corrected chi connectivity index (χ1v) is 5.19. The first-order valence-electron chi connectivity index (χ1n) is 5.19. The standard InChI is InChI=1S/C10H20N4/c1-8(2)9(11)5-4-6-10-12-7-13-14(10)3/h7-9H,4-6,11H2,1-3H3. The fourth-order valence-corrected chi connectivity index (χ4v) is 1.38. The molecule has 0 aromatic carbocycles. The molecule has 1 unspecified atom stereocenters. The van der Waals surface area contributed by atoms with Crippen LogP contribution in [0.5, 0.6) is 0 Å². The lowest BCUT2D eigenvalue weighted by Gasteiger charge is -2.14. The average Bonchev–Trinajstić information content (AvgIpc) is 2.51. The van der Waals surface area contributed by atoms with Crippen molar-refractivity contribution in [1.29, 1.82) is 0 Å². The fourth-order valence-electron chi connectivity index (χ4n) is 1.38. The molecular formula is C10H20N4. The van der Waals surface area contributed by atoms with Gasteiger partial charge in [-0.3, -0.25) is 4.68 Å². The number of hydrogen-bond donors (Lipinski definition) is 1. The minimum atomic E-state index is 0.309. The monoisotopic (exact) mass is 196 g/mol. The van der Waals surface area contributed by atoms with Crippen LogP contribution in [0.4, 0.5) is 0 Å². The Morgan fingerprint density at radius 3 is 2.71 bits per heavy atom. The Labute approximate surface area is 85.5 Å². The van der Waals surface area contributed by atoms with E-state index in [1.807, 2.05) is 11.7 Å². The largest absolute Gasteiger partial charge is 0.327 e. The molecular weight excluding hydrogens is 176 g/mol. The maximum atomic E-state index is 5.95. The average molecular weight is 196 g/mol. The molecule has 0 bridgehead atoms. The van der Waals surface area contributed by atoms with Crippen molar-refractivity contribution in [3.8, 4) is 0 Å². The zero-order valence-electron chi connectivity index (χ0n) is 9.27. The summed E-state index contributed by atoms with van der Waals surface area (Å²) in [6.07, 6.45) is 4.71. The van der Waals surface area contributed by atoms with Crippen molar-refractivity contribution >= 4 is 0 Å². The van der Waals surface area contributed by atoms with E-state index in [9.17, 15) is 0 Å². The number of hydrogen-bond acceptors (Lipinski definition) is 3. The lowest BCUT2D eigenvalue weighted by atomic mass is 9.99. The van der Waals surface area contributed by atoms with E-state index in [1.54, 1.807) is 6.33 Å². The normalized spacial score (nSPS) is 13.5. The van der Waals surface area contributed by atoms with Crippen molar-refractivity contribution in [2.75, 3.05) is 0 Å². The van der Waals surface area contributed by atoms with Gasteiger partial charge in [-0.15, -0.1) is 0 Å². The van der Waals surface area contributed by atoms with Crippen LogP contribution in [0.1, 0.15) is 32.5 Å². The van der Waals surface area contributed by atoms with Gasteiger partial charge in [0.15, 0.2) is 0 Å². The van der Waals surface area contributed by atoms with Gasteiger partial charge in [0.05, 0.1) is 0 Å². The highest BCUT2D eigenvalue weighted by Crippen LogP contribution is 2.08. The summed E-state index contributed by atoms with van der Waals surface area (Å²) in [7, 11) is 1.92. The lowest BCUT2D eigenvalue weighted by Crippen LogP contribution is -2.26. The van der Waals surface area contributed by atoms with E-state index in [4.69, 9.17) is 5.73 Å². The third-order valence-electron chi connectivity index (χ3n) is 2.60. The van der Waals surface area contributed by atoms with E-state index in [0.29, 0.717) is 12.0 Å². The van der Waals surface area contributed by atoms with Crippen LogP contribution >= 0.6 is 0 Å². The number of nitrogens with zero attached hydrogens (tertiary/aromatic N) is 3. The topological polar surface area (TPSA) is 56.7 Å². The van der Waals surface area contributed by atoms with Crippen molar-refractivity contribution in [1.82, 2.24) is 14.8 Å². The van der Waals surface area contributed by atoms with E-state index in [0.717, 1.165) is 25.1 Å². The van der Waals surface area contributed by atoms with Crippen LogP contribution < -0.4 is 5.73 Å². The van der Waals surface area contributed by atoms with Gasteiger partial charge in [0.1, 0.15) is 12.2 Å². The molecule has 0 aliphatic carbocycles. The van der Waals surface area contributed by atoms with Crippen molar-refractivity contribution in [2.45, 2.75) is 39.2 Å². The first kappa shape index (κ1) is 11.2. The van der Waals surface area contributed by atoms with Crippen LogP contribution in [0.25, 0.3) is 0 Å².